The van der Waals surface area contributed by atoms with Gasteiger partial charge < -0.3 is 5.32 Å². The highest BCUT2D eigenvalue weighted by Crippen LogP contribution is 2.37. The molecule has 0 radical (unpaired) electrons. The Hall–Kier alpha value is -0.480. The highest BCUT2D eigenvalue weighted by Gasteiger charge is 2.23. The van der Waals surface area contributed by atoms with Crippen LogP contribution in [0, 0.1) is 0 Å². The Morgan fingerprint density at radius 1 is 1.46 bits per heavy atom. The molecule has 0 bridgehead atoms. The first-order valence-corrected chi connectivity index (χ1v) is 5.68. The van der Waals surface area contributed by atoms with Gasteiger partial charge in [0, 0.05) is 18.9 Å². The quantitative estimate of drug-likeness (QED) is 0.796. The van der Waals surface area contributed by atoms with Crippen molar-refractivity contribution in [3.63, 3.8) is 0 Å². The summed E-state index contributed by atoms with van der Waals surface area (Å²) in [4.78, 5) is 0. The Labute approximate surface area is 82.6 Å². The van der Waals surface area contributed by atoms with Gasteiger partial charge in [-0.1, -0.05) is 6.42 Å². The minimum absolute atomic E-state index is 0.737. The predicted molar refractivity (Wildman–Crippen MR) is 54.1 cm³/mol. The summed E-state index contributed by atoms with van der Waals surface area (Å²) in [6.07, 6.45) is 5.03. The van der Waals surface area contributed by atoms with E-state index in [0.29, 0.717) is 0 Å². The molecule has 1 saturated carbocycles. The van der Waals surface area contributed by atoms with E-state index in [-0.39, 0.29) is 0 Å². The molecule has 0 amide bonds. The van der Waals surface area contributed by atoms with Gasteiger partial charge in [0.05, 0.1) is 0 Å². The molecule has 0 aromatic carbocycles. The SMILES string of the molecule is CNCCc1nnc(C2CCC2)s1. The van der Waals surface area contributed by atoms with E-state index in [1.165, 1.54) is 29.3 Å². The monoisotopic (exact) mass is 197 g/mol. The fourth-order valence-electron chi connectivity index (χ4n) is 1.42. The molecule has 1 aliphatic carbocycles. The van der Waals surface area contributed by atoms with Gasteiger partial charge in [-0.3, -0.25) is 0 Å². The van der Waals surface area contributed by atoms with Gasteiger partial charge in [-0.05, 0) is 19.9 Å². The molecule has 1 N–H and O–H groups in total. The first kappa shape index (κ1) is 9.09. The minimum Gasteiger partial charge on any atom is -0.319 e. The summed E-state index contributed by atoms with van der Waals surface area (Å²) in [5, 5.41) is 14.0. The third kappa shape index (κ3) is 2.06. The molecular formula is C9H15N3S. The molecule has 1 aliphatic rings. The van der Waals surface area contributed by atoms with Gasteiger partial charge >= 0.3 is 0 Å². The van der Waals surface area contributed by atoms with Crippen molar-refractivity contribution in [3.05, 3.63) is 10.0 Å². The zero-order chi connectivity index (χ0) is 9.10. The lowest BCUT2D eigenvalue weighted by molar-refractivity contribution is 0.416. The van der Waals surface area contributed by atoms with E-state index >= 15 is 0 Å². The zero-order valence-corrected chi connectivity index (χ0v) is 8.73. The zero-order valence-electron chi connectivity index (χ0n) is 7.92. The van der Waals surface area contributed by atoms with Crippen molar-refractivity contribution >= 4 is 11.3 Å². The van der Waals surface area contributed by atoms with Crippen LogP contribution >= 0.6 is 11.3 Å². The number of likely N-dealkylation sites (N-methyl/N-ethyl adjacent to an activating group) is 1. The van der Waals surface area contributed by atoms with Gasteiger partial charge in [-0.15, -0.1) is 21.5 Å². The molecule has 0 spiro atoms. The molecule has 0 saturated heterocycles. The average Bonchev–Trinajstić information content (AvgIpc) is 2.46. The lowest BCUT2D eigenvalue weighted by Crippen LogP contribution is -2.09. The smallest absolute Gasteiger partial charge is 0.120 e. The number of nitrogens with one attached hydrogen (secondary N) is 1. The Balaban J connectivity index is 1.92. The number of nitrogens with zero attached hydrogens (tertiary/aromatic N) is 2. The molecule has 0 unspecified atom stereocenters. The Bertz CT molecular complexity index is 268. The Kier molecular flexibility index (Phi) is 2.90. The molecule has 1 fully saturated rings. The summed E-state index contributed by atoms with van der Waals surface area (Å²) in [5.41, 5.74) is 0. The van der Waals surface area contributed by atoms with E-state index < -0.39 is 0 Å². The topological polar surface area (TPSA) is 37.8 Å². The molecule has 3 nitrogen and oxygen atoms in total. The van der Waals surface area contributed by atoms with Gasteiger partial charge in [-0.25, -0.2) is 0 Å². The van der Waals surface area contributed by atoms with Gasteiger partial charge in [0.1, 0.15) is 10.0 Å². The summed E-state index contributed by atoms with van der Waals surface area (Å²) in [5.74, 6) is 0.737. The van der Waals surface area contributed by atoms with Crippen molar-refractivity contribution in [2.24, 2.45) is 0 Å². The minimum atomic E-state index is 0.737. The number of hydrogen-bond acceptors (Lipinski definition) is 4. The third-order valence-corrected chi connectivity index (χ3v) is 3.67. The third-order valence-electron chi connectivity index (χ3n) is 2.53. The van der Waals surface area contributed by atoms with Crippen molar-refractivity contribution in [3.8, 4) is 0 Å². The van der Waals surface area contributed by atoms with Crippen molar-refractivity contribution in [2.45, 2.75) is 31.6 Å². The van der Waals surface area contributed by atoms with Crippen LogP contribution in [-0.4, -0.2) is 23.8 Å². The van der Waals surface area contributed by atoms with Crippen LogP contribution in [0.1, 0.15) is 35.2 Å². The summed E-state index contributed by atoms with van der Waals surface area (Å²) in [6, 6.07) is 0. The summed E-state index contributed by atoms with van der Waals surface area (Å²) < 4.78 is 0. The van der Waals surface area contributed by atoms with E-state index in [4.69, 9.17) is 0 Å². The first-order chi connectivity index (χ1) is 6.40. The fraction of sp³-hybridized carbons (Fsp3) is 0.778. The maximum absolute atomic E-state index is 4.23. The summed E-state index contributed by atoms with van der Waals surface area (Å²) >= 11 is 1.79. The van der Waals surface area contributed by atoms with E-state index in [2.05, 4.69) is 15.5 Å². The molecule has 4 heteroatoms. The van der Waals surface area contributed by atoms with Gasteiger partial charge in [0.2, 0.25) is 0 Å². The lowest BCUT2D eigenvalue weighted by Gasteiger charge is -2.21. The summed E-state index contributed by atoms with van der Waals surface area (Å²) in [6.45, 7) is 0.999. The van der Waals surface area contributed by atoms with E-state index in [1.54, 1.807) is 11.3 Å². The molecule has 0 aliphatic heterocycles. The second-order valence-corrected chi connectivity index (χ2v) is 4.61. The molecule has 1 aromatic rings. The fourth-order valence-corrected chi connectivity index (χ4v) is 2.43. The molecular weight excluding hydrogens is 182 g/mol. The van der Waals surface area contributed by atoms with E-state index in [0.717, 1.165) is 18.9 Å². The largest absolute Gasteiger partial charge is 0.319 e. The van der Waals surface area contributed by atoms with Crippen LogP contribution in [0.15, 0.2) is 0 Å². The van der Waals surface area contributed by atoms with Crippen molar-refractivity contribution in [1.29, 1.82) is 0 Å². The number of hydrogen-bond donors (Lipinski definition) is 1. The van der Waals surface area contributed by atoms with Crippen LogP contribution in [0.2, 0.25) is 0 Å². The Morgan fingerprint density at radius 2 is 2.31 bits per heavy atom. The Morgan fingerprint density at radius 3 is 2.92 bits per heavy atom. The maximum Gasteiger partial charge on any atom is 0.120 e. The second kappa shape index (κ2) is 4.15. The van der Waals surface area contributed by atoms with Crippen LogP contribution in [-0.2, 0) is 6.42 Å². The van der Waals surface area contributed by atoms with Crippen LogP contribution in [0.3, 0.4) is 0 Å². The molecule has 0 atom stereocenters. The van der Waals surface area contributed by atoms with Gasteiger partial charge in [-0.2, -0.15) is 0 Å². The van der Waals surface area contributed by atoms with Crippen LogP contribution < -0.4 is 5.32 Å². The highest BCUT2D eigenvalue weighted by molar-refractivity contribution is 7.11. The highest BCUT2D eigenvalue weighted by atomic mass is 32.1. The summed E-state index contributed by atoms with van der Waals surface area (Å²) in [7, 11) is 1.97. The first-order valence-electron chi connectivity index (χ1n) is 4.87. The van der Waals surface area contributed by atoms with E-state index in [1.807, 2.05) is 7.05 Å². The average molecular weight is 197 g/mol. The van der Waals surface area contributed by atoms with E-state index in [9.17, 15) is 0 Å². The molecule has 1 heterocycles. The molecule has 1 aromatic heterocycles. The molecule has 72 valence electrons. The van der Waals surface area contributed by atoms with Gasteiger partial charge in [0.15, 0.2) is 0 Å². The molecule has 13 heavy (non-hydrogen) atoms. The molecule has 2 rings (SSSR count). The second-order valence-electron chi connectivity index (χ2n) is 3.52. The maximum atomic E-state index is 4.23. The number of rotatable bonds is 4. The standard InChI is InChI=1S/C9H15N3S/c1-10-6-5-8-11-12-9(13-8)7-3-2-4-7/h7,10H,2-6H2,1H3. The van der Waals surface area contributed by atoms with Crippen LogP contribution in [0.25, 0.3) is 0 Å². The predicted octanol–water partition coefficient (Wildman–Crippen LogP) is 1.57. The lowest BCUT2D eigenvalue weighted by atomic mass is 9.86. The van der Waals surface area contributed by atoms with Crippen LogP contribution in [0.4, 0.5) is 0 Å². The van der Waals surface area contributed by atoms with Crippen molar-refractivity contribution < 1.29 is 0 Å². The van der Waals surface area contributed by atoms with Crippen molar-refractivity contribution in [1.82, 2.24) is 15.5 Å². The van der Waals surface area contributed by atoms with Crippen LogP contribution in [0.5, 0.6) is 0 Å². The van der Waals surface area contributed by atoms with Gasteiger partial charge in [0.25, 0.3) is 0 Å². The number of aromatic nitrogens is 2. The normalized spacial score (nSPS) is 17.3. The van der Waals surface area contributed by atoms with Crippen molar-refractivity contribution in [2.75, 3.05) is 13.6 Å².